The molecule has 1 saturated heterocycles. The van der Waals surface area contributed by atoms with Gasteiger partial charge in [-0.2, -0.15) is 0 Å². The van der Waals surface area contributed by atoms with Crippen molar-refractivity contribution in [1.29, 1.82) is 0 Å². The summed E-state index contributed by atoms with van der Waals surface area (Å²) in [5.41, 5.74) is 2.05. The number of piperazine rings is 1. The van der Waals surface area contributed by atoms with E-state index in [-0.39, 0.29) is 23.0 Å². The molecule has 1 aliphatic heterocycles. The number of β-amino-alcohol motifs (C(OH)–C–C–N with tert-alkyl or cyclic N) is 1. The van der Waals surface area contributed by atoms with E-state index in [0.29, 0.717) is 18.6 Å². The van der Waals surface area contributed by atoms with E-state index in [4.69, 9.17) is 0 Å². The number of thioether (sulfide) groups is 1. The van der Waals surface area contributed by atoms with Crippen LogP contribution in [0.3, 0.4) is 0 Å². The maximum atomic E-state index is 13.4. The maximum Gasteiger partial charge on any atom is 0.123 e. The molecule has 1 aliphatic rings. The Morgan fingerprint density at radius 2 is 1.40 bits per heavy atom. The van der Waals surface area contributed by atoms with E-state index in [0.717, 1.165) is 36.5 Å². The SMILES string of the molecule is CC(O)CN1[C@H](C)CN(CCSC(c2ccc(F)cc2)c2ccc(F)cc2)C[C@@H]1C. The Morgan fingerprint density at radius 3 is 1.83 bits per heavy atom. The number of hydrogen-bond acceptors (Lipinski definition) is 4. The Hall–Kier alpha value is -1.47. The summed E-state index contributed by atoms with van der Waals surface area (Å²) in [4.78, 5) is 4.86. The first-order valence-corrected chi connectivity index (χ1v) is 11.7. The topological polar surface area (TPSA) is 26.7 Å². The molecule has 1 unspecified atom stereocenters. The molecule has 6 heteroatoms. The van der Waals surface area contributed by atoms with Gasteiger partial charge in [-0.3, -0.25) is 9.80 Å². The minimum Gasteiger partial charge on any atom is -0.392 e. The third-order valence-electron chi connectivity index (χ3n) is 5.69. The lowest BCUT2D eigenvalue weighted by Crippen LogP contribution is -2.58. The van der Waals surface area contributed by atoms with Crippen LogP contribution in [0.25, 0.3) is 0 Å². The molecule has 2 aromatic carbocycles. The molecule has 3 nitrogen and oxygen atoms in total. The van der Waals surface area contributed by atoms with E-state index >= 15 is 0 Å². The van der Waals surface area contributed by atoms with Crippen LogP contribution in [0.5, 0.6) is 0 Å². The fourth-order valence-electron chi connectivity index (χ4n) is 4.27. The highest BCUT2D eigenvalue weighted by Crippen LogP contribution is 2.36. The molecule has 0 radical (unpaired) electrons. The normalized spacial score (nSPS) is 21.8. The highest BCUT2D eigenvalue weighted by Gasteiger charge is 2.29. The fourth-order valence-corrected chi connectivity index (χ4v) is 5.57. The van der Waals surface area contributed by atoms with Crippen molar-refractivity contribution >= 4 is 11.8 Å². The van der Waals surface area contributed by atoms with E-state index in [9.17, 15) is 13.9 Å². The van der Waals surface area contributed by atoms with Gasteiger partial charge in [-0.25, -0.2) is 8.78 Å². The lowest BCUT2D eigenvalue weighted by molar-refractivity contribution is 0.0115. The van der Waals surface area contributed by atoms with Gasteiger partial charge >= 0.3 is 0 Å². The van der Waals surface area contributed by atoms with Gasteiger partial charge in [-0.15, -0.1) is 11.8 Å². The Morgan fingerprint density at radius 1 is 0.933 bits per heavy atom. The van der Waals surface area contributed by atoms with Crippen molar-refractivity contribution < 1.29 is 13.9 Å². The van der Waals surface area contributed by atoms with Crippen LogP contribution in [-0.4, -0.2) is 65.0 Å². The summed E-state index contributed by atoms with van der Waals surface area (Å²) in [5, 5.41) is 9.79. The van der Waals surface area contributed by atoms with Crippen LogP contribution in [-0.2, 0) is 0 Å². The zero-order valence-corrected chi connectivity index (χ0v) is 18.8. The van der Waals surface area contributed by atoms with Gasteiger partial charge in [0.25, 0.3) is 0 Å². The van der Waals surface area contributed by atoms with Gasteiger partial charge in [-0.05, 0) is 56.2 Å². The van der Waals surface area contributed by atoms with Gasteiger partial charge in [0, 0.05) is 44.0 Å². The van der Waals surface area contributed by atoms with Gasteiger partial charge in [0.1, 0.15) is 11.6 Å². The van der Waals surface area contributed by atoms with Gasteiger partial charge in [0.2, 0.25) is 0 Å². The van der Waals surface area contributed by atoms with Crippen LogP contribution < -0.4 is 0 Å². The zero-order chi connectivity index (χ0) is 21.7. The Labute approximate surface area is 183 Å². The molecule has 0 bridgehead atoms. The Balaban J connectivity index is 1.62. The zero-order valence-electron chi connectivity index (χ0n) is 18.0. The van der Waals surface area contributed by atoms with E-state index in [1.807, 2.05) is 31.2 Å². The summed E-state index contributed by atoms with van der Waals surface area (Å²) in [5.74, 6) is 0.425. The summed E-state index contributed by atoms with van der Waals surface area (Å²) in [7, 11) is 0. The van der Waals surface area contributed by atoms with Gasteiger partial charge < -0.3 is 5.11 Å². The third-order valence-corrected chi connectivity index (χ3v) is 6.99. The van der Waals surface area contributed by atoms with Crippen LogP contribution in [0.1, 0.15) is 37.1 Å². The lowest BCUT2D eigenvalue weighted by atomic mass is 10.0. The van der Waals surface area contributed by atoms with Crippen LogP contribution in [0, 0.1) is 11.6 Å². The van der Waals surface area contributed by atoms with Crippen LogP contribution in [0.2, 0.25) is 0 Å². The number of nitrogens with zero attached hydrogens (tertiary/aromatic N) is 2. The molecule has 0 aromatic heterocycles. The molecule has 2 aromatic rings. The third kappa shape index (κ3) is 6.27. The largest absolute Gasteiger partial charge is 0.392 e. The molecule has 1 heterocycles. The van der Waals surface area contributed by atoms with Crippen molar-refractivity contribution in [2.75, 3.05) is 31.9 Å². The molecule has 0 aliphatic carbocycles. The molecule has 30 heavy (non-hydrogen) atoms. The van der Waals surface area contributed by atoms with E-state index < -0.39 is 0 Å². The molecule has 3 atom stereocenters. The minimum atomic E-state index is -0.316. The number of halogens is 2. The van der Waals surface area contributed by atoms with Crippen molar-refractivity contribution in [2.24, 2.45) is 0 Å². The average molecular weight is 435 g/mol. The van der Waals surface area contributed by atoms with Crippen molar-refractivity contribution in [3.8, 4) is 0 Å². The first kappa shape index (κ1) is 23.2. The molecular formula is C24H32F2N2OS. The average Bonchev–Trinajstić information content (AvgIpc) is 2.70. The van der Waals surface area contributed by atoms with Crippen molar-refractivity contribution in [3.63, 3.8) is 0 Å². The highest BCUT2D eigenvalue weighted by atomic mass is 32.2. The summed E-state index contributed by atoms with van der Waals surface area (Å²) in [6, 6.07) is 14.0. The van der Waals surface area contributed by atoms with Crippen molar-refractivity contribution in [2.45, 2.75) is 44.2 Å². The lowest BCUT2D eigenvalue weighted by Gasteiger charge is -2.45. The summed E-state index contributed by atoms with van der Waals surface area (Å²) in [6.45, 7) is 9.91. The summed E-state index contributed by atoms with van der Waals surface area (Å²) < 4.78 is 26.8. The van der Waals surface area contributed by atoms with Crippen LogP contribution in [0.4, 0.5) is 8.78 Å². The number of rotatable bonds is 8. The molecule has 164 valence electrons. The smallest absolute Gasteiger partial charge is 0.123 e. The molecule has 0 spiro atoms. The second-order valence-electron chi connectivity index (χ2n) is 8.36. The summed E-state index contributed by atoms with van der Waals surface area (Å²) >= 11 is 1.81. The second-order valence-corrected chi connectivity index (χ2v) is 9.57. The van der Waals surface area contributed by atoms with Gasteiger partial charge in [0.15, 0.2) is 0 Å². The minimum absolute atomic E-state index is 0.0394. The van der Waals surface area contributed by atoms with Crippen LogP contribution in [0.15, 0.2) is 48.5 Å². The van der Waals surface area contributed by atoms with Gasteiger partial charge in [0.05, 0.1) is 11.4 Å². The number of hydrogen-bond donors (Lipinski definition) is 1. The predicted octanol–water partition coefficient (Wildman–Crippen LogP) is 4.56. The van der Waals surface area contributed by atoms with E-state index in [1.54, 1.807) is 11.8 Å². The number of aliphatic hydroxyl groups is 1. The molecule has 1 N–H and O–H groups in total. The quantitative estimate of drug-likeness (QED) is 0.659. The second kappa shape index (κ2) is 10.7. The van der Waals surface area contributed by atoms with E-state index in [2.05, 4.69) is 23.6 Å². The van der Waals surface area contributed by atoms with Gasteiger partial charge in [-0.1, -0.05) is 24.3 Å². The highest BCUT2D eigenvalue weighted by molar-refractivity contribution is 7.99. The summed E-state index contributed by atoms with van der Waals surface area (Å²) in [6.07, 6.45) is -0.316. The standard InChI is InChI=1S/C24H32F2N2OS/c1-17-14-27(15-18(2)28(17)16-19(3)29)12-13-30-24(20-4-8-22(25)9-5-20)21-6-10-23(26)11-7-21/h4-11,17-19,24,29H,12-16H2,1-3H3/t17-,18+,19?. The molecule has 0 saturated carbocycles. The molecule has 3 rings (SSSR count). The first-order valence-electron chi connectivity index (χ1n) is 10.6. The Kier molecular flexibility index (Phi) is 8.28. The maximum absolute atomic E-state index is 13.4. The Bertz CT molecular complexity index is 727. The number of aliphatic hydroxyl groups excluding tert-OH is 1. The molecule has 0 amide bonds. The molecular weight excluding hydrogens is 402 g/mol. The van der Waals surface area contributed by atoms with Crippen molar-refractivity contribution in [3.05, 3.63) is 71.3 Å². The van der Waals surface area contributed by atoms with Crippen LogP contribution >= 0.6 is 11.8 Å². The first-order chi connectivity index (χ1) is 14.3. The molecule has 1 fully saturated rings. The van der Waals surface area contributed by atoms with Crippen molar-refractivity contribution in [1.82, 2.24) is 9.80 Å². The number of benzene rings is 2. The predicted molar refractivity (Wildman–Crippen MR) is 121 cm³/mol. The fraction of sp³-hybridized carbons (Fsp3) is 0.500. The van der Waals surface area contributed by atoms with E-state index in [1.165, 1.54) is 24.3 Å². The monoisotopic (exact) mass is 434 g/mol.